The highest BCUT2D eigenvalue weighted by Crippen LogP contribution is 2.15. The molecule has 0 aromatic carbocycles. The van der Waals surface area contributed by atoms with E-state index < -0.39 is 0 Å². The zero-order valence-electron chi connectivity index (χ0n) is 13.5. The molecule has 3 heterocycles. The third kappa shape index (κ3) is 3.97. The fourth-order valence-electron chi connectivity index (χ4n) is 3.03. The average molecular weight is 339 g/mol. The lowest BCUT2D eigenvalue weighted by Gasteiger charge is -2.23. The lowest BCUT2D eigenvalue weighted by molar-refractivity contribution is -0.121. The van der Waals surface area contributed by atoms with E-state index in [0.29, 0.717) is 18.6 Å². The van der Waals surface area contributed by atoms with Gasteiger partial charge in [0.15, 0.2) is 0 Å². The van der Waals surface area contributed by atoms with Gasteiger partial charge in [-0.15, -0.1) is 12.4 Å². The lowest BCUT2D eigenvalue weighted by atomic mass is 10.0. The van der Waals surface area contributed by atoms with Gasteiger partial charge in [-0.25, -0.2) is 9.50 Å². The fraction of sp³-hybridized carbons (Fsp3) is 0.600. The summed E-state index contributed by atoms with van der Waals surface area (Å²) in [5, 5.41) is 10.6. The summed E-state index contributed by atoms with van der Waals surface area (Å²) in [7, 11) is 0. The molecule has 1 fully saturated rings. The minimum absolute atomic E-state index is 0. The van der Waals surface area contributed by atoms with Gasteiger partial charge >= 0.3 is 0 Å². The van der Waals surface area contributed by atoms with Gasteiger partial charge < -0.3 is 10.6 Å². The number of carbonyl (C=O) groups excluding carboxylic acids is 1. The molecular weight excluding hydrogens is 316 g/mol. The first-order valence-corrected chi connectivity index (χ1v) is 7.81. The second kappa shape index (κ2) is 7.70. The molecule has 1 saturated heterocycles. The molecular formula is C15H23ClN6O. The van der Waals surface area contributed by atoms with Gasteiger partial charge in [-0.2, -0.15) is 10.1 Å². The summed E-state index contributed by atoms with van der Waals surface area (Å²) in [5.74, 6) is 0.711. The topological polar surface area (TPSA) is 84.2 Å². The standard InChI is InChI=1S/C15H22N6O.ClH/c1-10-13(11(2)21-15(19-10)17-9-18-21)5-6-14(22)20-12-4-3-7-16-8-12;/h9,12,16H,3-8H2,1-2H3,(H,20,22);1H. The van der Waals surface area contributed by atoms with Gasteiger partial charge in [0, 0.05) is 30.4 Å². The van der Waals surface area contributed by atoms with E-state index in [1.165, 1.54) is 6.33 Å². The van der Waals surface area contributed by atoms with Crippen LogP contribution in [0.15, 0.2) is 6.33 Å². The van der Waals surface area contributed by atoms with Crippen LogP contribution in [-0.2, 0) is 11.2 Å². The Bertz CT molecular complexity index is 680. The Hall–Kier alpha value is -1.73. The summed E-state index contributed by atoms with van der Waals surface area (Å²) in [6.45, 7) is 5.87. The van der Waals surface area contributed by atoms with Crippen LogP contribution in [0.5, 0.6) is 0 Å². The minimum atomic E-state index is 0. The summed E-state index contributed by atoms with van der Waals surface area (Å²) in [6.07, 6.45) is 4.83. The molecule has 0 bridgehead atoms. The molecule has 1 amide bonds. The molecule has 8 heteroatoms. The minimum Gasteiger partial charge on any atom is -0.352 e. The highest BCUT2D eigenvalue weighted by atomic mass is 35.5. The van der Waals surface area contributed by atoms with Crippen LogP contribution >= 0.6 is 12.4 Å². The van der Waals surface area contributed by atoms with E-state index in [1.54, 1.807) is 4.52 Å². The van der Waals surface area contributed by atoms with Crippen molar-refractivity contribution in [2.24, 2.45) is 0 Å². The number of hydrogen-bond acceptors (Lipinski definition) is 5. The maximum Gasteiger partial charge on any atom is 0.252 e. The molecule has 0 aliphatic carbocycles. The van der Waals surface area contributed by atoms with Crippen LogP contribution in [0.2, 0.25) is 0 Å². The van der Waals surface area contributed by atoms with Gasteiger partial charge in [-0.05, 0) is 45.2 Å². The van der Waals surface area contributed by atoms with E-state index in [2.05, 4.69) is 25.7 Å². The molecule has 0 saturated carbocycles. The first kappa shape index (κ1) is 17.6. The number of amides is 1. The zero-order valence-corrected chi connectivity index (χ0v) is 14.3. The number of piperidine rings is 1. The van der Waals surface area contributed by atoms with Gasteiger partial charge in [-0.3, -0.25) is 4.79 Å². The SMILES string of the molecule is Cc1nc2ncnn2c(C)c1CCC(=O)NC1CCCNC1.Cl. The summed E-state index contributed by atoms with van der Waals surface area (Å²) in [4.78, 5) is 20.7. The summed E-state index contributed by atoms with van der Waals surface area (Å²) >= 11 is 0. The first-order chi connectivity index (χ1) is 10.6. The third-order valence-electron chi connectivity index (χ3n) is 4.25. The lowest BCUT2D eigenvalue weighted by Crippen LogP contribution is -2.45. The summed E-state index contributed by atoms with van der Waals surface area (Å²) in [6, 6.07) is 0.263. The molecule has 0 radical (unpaired) electrons. The van der Waals surface area contributed by atoms with Crippen molar-refractivity contribution in [2.75, 3.05) is 13.1 Å². The Morgan fingerprint density at radius 3 is 3.04 bits per heavy atom. The number of aryl methyl sites for hydroxylation is 2. The monoisotopic (exact) mass is 338 g/mol. The van der Waals surface area contributed by atoms with Gasteiger partial charge in [0.25, 0.3) is 5.78 Å². The number of nitrogens with zero attached hydrogens (tertiary/aromatic N) is 4. The molecule has 1 unspecified atom stereocenters. The van der Waals surface area contributed by atoms with Crippen LogP contribution in [-0.4, -0.2) is 44.6 Å². The van der Waals surface area contributed by atoms with E-state index >= 15 is 0 Å². The number of halogens is 1. The van der Waals surface area contributed by atoms with E-state index in [4.69, 9.17) is 0 Å². The van der Waals surface area contributed by atoms with Crippen molar-refractivity contribution < 1.29 is 4.79 Å². The van der Waals surface area contributed by atoms with Crippen LogP contribution < -0.4 is 10.6 Å². The molecule has 7 nitrogen and oxygen atoms in total. The predicted molar refractivity (Wildman–Crippen MR) is 89.9 cm³/mol. The molecule has 2 aromatic heterocycles. The molecule has 0 spiro atoms. The molecule has 1 aliphatic heterocycles. The van der Waals surface area contributed by atoms with E-state index in [0.717, 1.165) is 42.9 Å². The Balaban J connectivity index is 0.00000192. The largest absolute Gasteiger partial charge is 0.352 e. The average Bonchev–Trinajstić information content (AvgIpc) is 2.96. The normalized spacial score (nSPS) is 17.7. The van der Waals surface area contributed by atoms with Crippen molar-refractivity contribution in [2.45, 2.75) is 45.6 Å². The van der Waals surface area contributed by atoms with Crippen LogP contribution in [0.3, 0.4) is 0 Å². The van der Waals surface area contributed by atoms with Crippen LogP contribution in [0, 0.1) is 13.8 Å². The highest BCUT2D eigenvalue weighted by Gasteiger charge is 2.16. The molecule has 126 valence electrons. The fourth-order valence-corrected chi connectivity index (χ4v) is 3.03. The quantitative estimate of drug-likeness (QED) is 0.867. The van der Waals surface area contributed by atoms with E-state index in [1.807, 2.05) is 13.8 Å². The number of rotatable bonds is 4. The second-order valence-electron chi connectivity index (χ2n) is 5.84. The van der Waals surface area contributed by atoms with Gasteiger partial charge in [0.1, 0.15) is 6.33 Å². The van der Waals surface area contributed by atoms with Crippen molar-refractivity contribution in [3.05, 3.63) is 23.3 Å². The predicted octanol–water partition coefficient (Wildman–Crippen LogP) is 0.964. The van der Waals surface area contributed by atoms with Crippen molar-refractivity contribution in [1.82, 2.24) is 30.2 Å². The smallest absolute Gasteiger partial charge is 0.252 e. The highest BCUT2D eigenvalue weighted by molar-refractivity contribution is 5.85. The molecule has 1 atom stereocenters. The molecule has 2 aromatic rings. The molecule has 3 rings (SSSR count). The number of fused-ring (bicyclic) bond motifs is 1. The Kier molecular flexibility index (Phi) is 5.90. The van der Waals surface area contributed by atoms with Crippen LogP contribution in [0.25, 0.3) is 5.78 Å². The maximum atomic E-state index is 12.1. The van der Waals surface area contributed by atoms with Crippen molar-refractivity contribution in [3.8, 4) is 0 Å². The van der Waals surface area contributed by atoms with Gasteiger partial charge in [0.05, 0.1) is 0 Å². The Morgan fingerprint density at radius 2 is 2.30 bits per heavy atom. The van der Waals surface area contributed by atoms with Crippen LogP contribution in [0.4, 0.5) is 0 Å². The van der Waals surface area contributed by atoms with Gasteiger partial charge in [-0.1, -0.05) is 0 Å². The summed E-state index contributed by atoms with van der Waals surface area (Å²) in [5.41, 5.74) is 3.01. The second-order valence-corrected chi connectivity index (χ2v) is 5.84. The van der Waals surface area contributed by atoms with Gasteiger partial charge in [0.2, 0.25) is 5.91 Å². The number of hydrogen-bond donors (Lipinski definition) is 2. The van der Waals surface area contributed by atoms with Crippen LogP contribution in [0.1, 0.15) is 36.2 Å². The van der Waals surface area contributed by atoms with Crippen molar-refractivity contribution in [3.63, 3.8) is 0 Å². The molecule has 1 aliphatic rings. The number of nitrogens with one attached hydrogen (secondary N) is 2. The Morgan fingerprint density at radius 1 is 1.48 bits per heavy atom. The molecule has 23 heavy (non-hydrogen) atoms. The van der Waals surface area contributed by atoms with E-state index in [-0.39, 0.29) is 24.4 Å². The zero-order chi connectivity index (χ0) is 15.5. The number of aromatic nitrogens is 4. The summed E-state index contributed by atoms with van der Waals surface area (Å²) < 4.78 is 1.73. The first-order valence-electron chi connectivity index (χ1n) is 7.81. The van der Waals surface area contributed by atoms with E-state index in [9.17, 15) is 4.79 Å². The van der Waals surface area contributed by atoms with Crippen molar-refractivity contribution >= 4 is 24.1 Å². The molecule has 2 N–H and O–H groups in total. The maximum absolute atomic E-state index is 12.1. The third-order valence-corrected chi connectivity index (χ3v) is 4.25. The van der Waals surface area contributed by atoms with Crippen molar-refractivity contribution in [1.29, 1.82) is 0 Å². The Labute approximate surface area is 141 Å². The number of carbonyl (C=O) groups is 1.